The molecule has 150 valence electrons. The van der Waals surface area contributed by atoms with E-state index in [-0.39, 0.29) is 17.9 Å². The Morgan fingerprint density at radius 1 is 1.21 bits per heavy atom. The van der Waals surface area contributed by atoms with E-state index in [0.717, 1.165) is 22.6 Å². The number of rotatable bonds is 7. The third-order valence-electron chi connectivity index (χ3n) is 4.94. The van der Waals surface area contributed by atoms with Gasteiger partial charge in [-0.2, -0.15) is 0 Å². The first-order chi connectivity index (χ1) is 14.1. The number of carbonyl (C=O) groups excluding carboxylic acids is 2. The molecule has 2 aliphatic heterocycles. The van der Waals surface area contributed by atoms with Gasteiger partial charge < -0.3 is 14.4 Å². The quantitative estimate of drug-likeness (QED) is 0.578. The highest BCUT2D eigenvalue weighted by atomic mass is 16.5. The lowest BCUT2D eigenvalue weighted by Gasteiger charge is -2.28. The summed E-state index contributed by atoms with van der Waals surface area (Å²) in [6.07, 6.45) is 1.26. The molecule has 29 heavy (non-hydrogen) atoms. The zero-order chi connectivity index (χ0) is 20.2. The fourth-order valence-electron chi connectivity index (χ4n) is 3.52. The zero-order valence-electron chi connectivity index (χ0n) is 16.3. The Hall–Kier alpha value is -3.35. The molecule has 1 saturated heterocycles. The third-order valence-corrected chi connectivity index (χ3v) is 4.94. The molecule has 0 saturated carbocycles. The second kappa shape index (κ2) is 8.34. The van der Waals surface area contributed by atoms with E-state index in [4.69, 9.17) is 9.47 Å². The van der Waals surface area contributed by atoms with Crippen LogP contribution in [0.4, 0.5) is 5.69 Å². The maximum absolute atomic E-state index is 12.5. The topological polar surface area (TPSA) is 80.2 Å². The maximum atomic E-state index is 12.5. The van der Waals surface area contributed by atoms with Crippen molar-refractivity contribution in [3.8, 4) is 5.75 Å². The predicted molar refractivity (Wildman–Crippen MR) is 108 cm³/mol. The van der Waals surface area contributed by atoms with E-state index in [0.29, 0.717) is 38.6 Å². The fraction of sp³-hybridized carbons (Fsp3) is 0.318. The molecule has 0 aliphatic carbocycles. The lowest BCUT2D eigenvalue weighted by Crippen LogP contribution is -2.38. The number of nitrogens with zero attached hydrogens (tertiary/aromatic N) is 2. The molecule has 2 aromatic rings. The van der Waals surface area contributed by atoms with Gasteiger partial charge in [-0.05, 0) is 23.8 Å². The van der Waals surface area contributed by atoms with Crippen LogP contribution in [-0.4, -0.2) is 42.0 Å². The second-order valence-corrected chi connectivity index (χ2v) is 7.09. The summed E-state index contributed by atoms with van der Waals surface area (Å²) in [7, 11) is 0. The van der Waals surface area contributed by atoms with Gasteiger partial charge in [0.25, 0.3) is 0 Å². The fourth-order valence-corrected chi connectivity index (χ4v) is 3.52. The van der Waals surface area contributed by atoms with Crippen LogP contribution in [0.2, 0.25) is 0 Å². The first-order valence-electron chi connectivity index (χ1n) is 9.69. The lowest BCUT2D eigenvalue weighted by molar-refractivity contribution is -0.141. The van der Waals surface area contributed by atoms with Crippen molar-refractivity contribution in [2.75, 3.05) is 13.2 Å². The van der Waals surface area contributed by atoms with Crippen molar-refractivity contribution in [1.29, 1.82) is 0 Å². The number of ether oxygens (including phenoxy) is 2. The molecule has 0 radical (unpaired) electrons. The summed E-state index contributed by atoms with van der Waals surface area (Å²) >= 11 is 0. The zero-order valence-corrected chi connectivity index (χ0v) is 16.3. The average Bonchev–Trinajstić information content (AvgIpc) is 3.01. The number of nitrogens with one attached hydrogen (secondary N) is 1. The van der Waals surface area contributed by atoms with Gasteiger partial charge in [0.05, 0.1) is 18.9 Å². The molecular weight excluding hydrogens is 370 g/mol. The summed E-state index contributed by atoms with van der Waals surface area (Å²) in [5.74, 6) is 1.04. The summed E-state index contributed by atoms with van der Waals surface area (Å²) in [5.41, 5.74) is 2.97. The van der Waals surface area contributed by atoms with Gasteiger partial charge in [0.2, 0.25) is 11.9 Å². The van der Waals surface area contributed by atoms with Crippen LogP contribution in [-0.2, 0) is 27.3 Å². The van der Waals surface area contributed by atoms with E-state index in [2.05, 4.69) is 10.3 Å². The first kappa shape index (κ1) is 19.0. The molecular formula is C22H23N3O4. The van der Waals surface area contributed by atoms with Gasteiger partial charge in [0.15, 0.2) is 0 Å². The molecule has 1 atom stereocenters. The van der Waals surface area contributed by atoms with E-state index in [1.807, 2.05) is 53.4 Å². The van der Waals surface area contributed by atoms with Crippen molar-refractivity contribution in [1.82, 2.24) is 10.2 Å². The van der Waals surface area contributed by atoms with Crippen LogP contribution in [0.1, 0.15) is 24.5 Å². The summed E-state index contributed by atoms with van der Waals surface area (Å²) in [6.45, 7) is 2.79. The van der Waals surface area contributed by atoms with Gasteiger partial charge in [-0.15, -0.1) is 0 Å². The van der Waals surface area contributed by atoms with Gasteiger partial charge in [0.1, 0.15) is 11.8 Å². The molecule has 2 aromatic carbocycles. The summed E-state index contributed by atoms with van der Waals surface area (Å²) in [6, 6.07) is 15.4. The van der Waals surface area contributed by atoms with Crippen molar-refractivity contribution in [3.05, 3.63) is 59.7 Å². The van der Waals surface area contributed by atoms with E-state index in [1.54, 1.807) is 0 Å². The molecule has 1 amide bonds. The number of esters is 1. The van der Waals surface area contributed by atoms with Crippen molar-refractivity contribution in [2.45, 2.75) is 32.4 Å². The number of aliphatic imine (C=N–C) groups is 1. The molecule has 1 fully saturated rings. The second-order valence-electron chi connectivity index (χ2n) is 7.09. The highest BCUT2D eigenvalue weighted by Crippen LogP contribution is 2.32. The molecule has 0 aromatic heterocycles. The Labute approximate surface area is 169 Å². The summed E-state index contributed by atoms with van der Waals surface area (Å²) in [4.78, 5) is 29.9. The molecule has 4 rings (SSSR count). The summed E-state index contributed by atoms with van der Waals surface area (Å²) in [5, 5.41) is 2.90. The molecule has 2 aliphatic rings. The Bertz CT molecular complexity index is 942. The Balaban J connectivity index is 1.43. The first-order valence-corrected chi connectivity index (χ1v) is 9.69. The number of hydrogen-bond acceptors (Lipinski definition) is 6. The largest absolute Gasteiger partial charge is 0.493 e. The van der Waals surface area contributed by atoms with Crippen LogP contribution in [0.25, 0.3) is 0 Å². The number of carbonyl (C=O) groups is 2. The lowest BCUT2D eigenvalue weighted by atomic mass is 10.0. The number of amides is 1. The van der Waals surface area contributed by atoms with Crippen LogP contribution in [0.3, 0.4) is 0 Å². The van der Waals surface area contributed by atoms with Crippen molar-refractivity contribution < 1.29 is 19.1 Å². The average molecular weight is 393 g/mol. The van der Waals surface area contributed by atoms with Crippen molar-refractivity contribution in [2.24, 2.45) is 4.99 Å². The normalized spacial score (nSPS) is 17.1. The third kappa shape index (κ3) is 4.39. The van der Waals surface area contributed by atoms with Gasteiger partial charge in [-0.25, -0.2) is 4.99 Å². The van der Waals surface area contributed by atoms with E-state index in [9.17, 15) is 9.59 Å². The Kier molecular flexibility index (Phi) is 5.46. The van der Waals surface area contributed by atoms with Gasteiger partial charge >= 0.3 is 5.97 Å². The summed E-state index contributed by atoms with van der Waals surface area (Å²) < 4.78 is 10.7. The van der Waals surface area contributed by atoms with E-state index >= 15 is 0 Å². The van der Waals surface area contributed by atoms with Gasteiger partial charge in [-0.3, -0.25) is 14.9 Å². The molecule has 7 nitrogen and oxygen atoms in total. The van der Waals surface area contributed by atoms with E-state index in [1.165, 1.54) is 6.92 Å². The van der Waals surface area contributed by atoms with Crippen molar-refractivity contribution in [3.63, 3.8) is 0 Å². The standard InChI is InChI=1S/C22H23N3O4/c1-15(26)28-10-5-11-29-18-8-9-19-17(13-18)14-25-20(21(27)24-22(25)23-19)12-16-6-3-2-4-7-16/h2-4,6-9,13,20H,5,10-12,14H2,1H3,(H,23,24,27). The highest BCUT2D eigenvalue weighted by Gasteiger charge is 2.39. The molecule has 0 spiro atoms. The van der Waals surface area contributed by atoms with Crippen LogP contribution >= 0.6 is 0 Å². The van der Waals surface area contributed by atoms with Gasteiger partial charge in [0, 0.05) is 31.9 Å². The minimum Gasteiger partial charge on any atom is -0.493 e. The van der Waals surface area contributed by atoms with Crippen LogP contribution < -0.4 is 10.1 Å². The minimum absolute atomic E-state index is 0.0256. The SMILES string of the molecule is CC(=O)OCCCOc1ccc2c(c1)CN1C(=N2)NC(=O)C1Cc1ccccc1. The number of fused-ring (bicyclic) bond motifs is 2. The van der Waals surface area contributed by atoms with Crippen LogP contribution in [0, 0.1) is 0 Å². The maximum Gasteiger partial charge on any atom is 0.302 e. The molecule has 0 bridgehead atoms. The Morgan fingerprint density at radius 2 is 2.03 bits per heavy atom. The minimum atomic E-state index is -0.286. The molecule has 1 unspecified atom stereocenters. The molecule has 2 heterocycles. The molecule has 7 heteroatoms. The monoisotopic (exact) mass is 393 g/mol. The molecule has 1 N–H and O–H groups in total. The highest BCUT2D eigenvalue weighted by molar-refractivity contribution is 6.07. The van der Waals surface area contributed by atoms with Crippen molar-refractivity contribution >= 4 is 23.5 Å². The number of benzene rings is 2. The van der Waals surface area contributed by atoms with Crippen LogP contribution in [0.5, 0.6) is 5.75 Å². The van der Waals surface area contributed by atoms with Crippen LogP contribution in [0.15, 0.2) is 53.5 Å². The number of guanidine groups is 1. The number of hydrogen-bond donors (Lipinski definition) is 1. The predicted octanol–water partition coefficient (Wildman–Crippen LogP) is 2.56. The Morgan fingerprint density at radius 3 is 2.83 bits per heavy atom. The van der Waals surface area contributed by atoms with E-state index < -0.39 is 0 Å². The smallest absolute Gasteiger partial charge is 0.302 e. The van der Waals surface area contributed by atoms with Gasteiger partial charge in [-0.1, -0.05) is 30.3 Å².